The molecule has 1 aromatic carbocycles. The van der Waals surface area contributed by atoms with Gasteiger partial charge in [-0.25, -0.2) is 0 Å². The summed E-state index contributed by atoms with van der Waals surface area (Å²) in [6.45, 7) is 4.29. The van der Waals surface area contributed by atoms with Gasteiger partial charge in [0, 0.05) is 13.1 Å². The van der Waals surface area contributed by atoms with Gasteiger partial charge in [0.25, 0.3) is 5.91 Å². The molecule has 1 amide bonds. The molecule has 0 saturated carbocycles. The molecule has 0 spiro atoms. The molecule has 0 saturated heterocycles. The topological polar surface area (TPSA) is 72.3 Å². The van der Waals surface area contributed by atoms with E-state index in [0.29, 0.717) is 17.3 Å². The van der Waals surface area contributed by atoms with Crippen molar-refractivity contribution in [1.29, 1.82) is 0 Å². The predicted octanol–water partition coefficient (Wildman–Crippen LogP) is 1.99. The van der Waals surface area contributed by atoms with Crippen LogP contribution in [0.3, 0.4) is 0 Å². The number of hydrogen-bond donors (Lipinski definition) is 2. The highest BCUT2D eigenvalue weighted by Gasteiger charge is 2.15. The van der Waals surface area contributed by atoms with Crippen molar-refractivity contribution < 1.29 is 4.79 Å². The van der Waals surface area contributed by atoms with E-state index in [0.717, 1.165) is 18.5 Å². The molecule has 0 aromatic heterocycles. The van der Waals surface area contributed by atoms with Crippen LogP contribution in [0.15, 0.2) is 18.2 Å². The Bertz CT molecular complexity index is 404. The van der Waals surface area contributed by atoms with Crippen molar-refractivity contribution in [2.45, 2.75) is 32.7 Å². The zero-order chi connectivity index (χ0) is 13.0. The molecule has 0 aliphatic carbocycles. The van der Waals surface area contributed by atoms with Crippen molar-refractivity contribution in [3.63, 3.8) is 0 Å². The molecular formula is C13H21N3O. The number of primary amides is 1. The van der Waals surface area contributed by atoms with E-state index < -0.39 is 5.91 Å². The average Bonchev–Trinajstić information content (AvgIpc) is 2.28. The number of carbonyl (C=O) groups is 1. The molecule has 0 fully saturated rings. The molecule has 1 atom stereocenters. The molecule has 4 nitrogen and oxygen atoms in total. The minimum Gasteiger partial charge on any atom is -0.396 e. The number of para-hydroxylation sites is 1. The third kappa shape index (κ3) is 2.90. The maximum atomic E-state index is 11.2. The summed E-state index contributed by atoms with van der Waals surface area (Å²) in [6.07, 6.45) is 2.19. The monoisotopic (exact) mass is 235 g/mol. The summed E-state index contributed by atoms with van der Waals surface area (Å²) in [7, 11) is 1.98. The van der Waals surface area contributed by atoms with Gasteiger partial charge in [0.05, 0.1) is 16.9 Å². The summed E-state index contributed by atoms with van der Waals surface area (Å²) in [5, 5.41) is 0. The fourth-order valence-corrected chi connectivity index (χ4v) is 1.92. The Morgan fingerprint density at radius 1 is 1.47 bits per heavy atom. The van der Waals surface area contributed by atoms with Crippen LogP contribution in [0.4, 0.5) is 11.4 Å². The predicted molar refractivity (Wildman–Crippen MR) is 72.1 cm³/mol. The van der Waals surface area contributed by atoms with E-state index in [1.165, 1.54) is 0 Å². The van der Waals surface area contributed by atoms with Crippen LogP contribution in [0.1, 0.15) is 37.0 Å². The van der Waals surface area contributed by atoms with Crippen LogP contribution in [0.2, 0.25) is 0 Å². The van der Waals surface area contributed by atoms with Crippen LogP contribution in [0.5, 0.6) is 0 Å². The van der Waals surface area contributed by atoms with E-state index in [1.54, 1.807) is 12.1 Å². The minimum absolute atomic E-state index is 0.380. The summed E-state index contributed by atoms with van der Waals surface area (Å²) in [4.78, 5) is 13.3. The van der Waals surface area contributed by atoms with Crippen molar-refractivity contribution >= 4 is 17.3 Å². The lowest BCUT2D eigenvalue weighted by molar-refractivity contribution is 0.100. The molecule has 1 aromatic rings. The maximum absolute atomic E-state index is 11.2. The SMILES string of the molecule is CCCC(C)N(C)c1cccc(C(N)=O)c1N. The van der Waals surface area contributed by atoms with Crippen molar-refractivity contribution in [3.05, 3.63) is 23.8 Å². The molecular weight excluding hydrogens is 214 g/mol. The number of nitrogens with zero attached hydrogens (tertiary/aromatic N) is 1. The van der Waals surface area contributed by atoms with Crippen molar-refractivity contribution in [3.8, 4) is 0 Å². The van der Waals surface area contributed by atoms with Crippen LogP contribution in [0.25, 0.3) is 0 Å². The van der Waals surface area contributed by atoms with Crippen LogP contribution >= 0.6 is 0 Å². The van der Waals surface area contributed by atoms with E-state index in [-0.39, 0.29) is 0 Å². The second-order valence-electron chi connectivity index (χ2n) is 4.35. The average molecular weight is 235 g/mol. The van der Waals surface area contributed by atoms with Crippen LogP contribution in [-0.4, -0.2) is 19.0 Å². The highest BCUT2D eigenvalue weighted by molar-refractivity contribution is 6.00. The highest BCUT2D eigenvalue weighted by Crippen LogP contribution is 2.27. The summed E-state index contributed by atoms with van der Waals surface area (Å²) in [6, 6.07) is 5.75. The molecule has 0 aliphatic heterocycles. The summed E-state index contributed by atoms with van der Waals surface area (Å²) >= 11 is 0. The Balaban J connectivity index is 3.06. The van der Waals surface area contributed by atoms with Crippen LogP contribution in [0, 0.1) is 0 Å². The fraction of sp³-hybridized carbons (Fsp3) is 0.462. The third-order valence-corrected chi connectivity index (χ3v) is 3.10. The first kappa shape index (κ1) is 13.4. The van der Waals surface area contributed by atoms with Gasteiger partial charge in [0.2, 0.25) is 0 Å². The minimum atomic E-state index is -0.485. The Morgan fingerprint density at radius 3 is 2.65 bits per heavy atom. The van der Waals surface area contributed by atoms with Gasteiger partial charge >= 0.3 is 0 Å². The zero-order valence-electron chi connectivity index (χ0n) is 10.7. The van der Waals surface area contributed by atoms with Gasteiger partial charge in [-0.05, 0) is 25.5 Å². The summed E-state index contributed by atoms with van der Waals surface area (Å²) in [5.74, 6) is -0.485. The Labute approximate surface area is 103 Å². The third-order valence-electron chi connectivity index (χ3n) is 3.10. The van der Waals surface area contributed by atoms with E-state index in [1.807, 2.05) is 13.1 Å². The molecule has 4 N–H and O–H groups in total. The van der Waals surface area contributed by atoms with E-state index in [4.69, 9.17) is 11.5 Å². The second-order valence-corrected chi connectivity index (χ2v) is 4.35. The molecule has 0 aliphatic rings. The first-order valence-electron chi connectivity index (χ1n) is 5.90. The van der Waals surface area contributed by atoms with Gasteiger partial charge in [0.15, 0.2) is 0 Å². The molecule has 0 radical (unpaired) electrons. The van der Waals surface area contributed by atoms with Gasteiger partial charge in [0.1, 0.15) is 0 Å². The Morgan fingerprint density at radius 2 is 2.12 bits per heavy atom. The van der Waals surface area contributed by atoms with E-state index >= 15 is 0 Å². The normalized spacial score (nSPS) is 12.2. The van der Waals surface area contributed by atoms with Crippen molar-refractivity contribution in [2.75, 3.05) is 17.7 Å². The van der Waals surface area contributed by atoms with Gasteiger partial charge < -0.3 is 16.4 Å². The number of nitrogens with two attached hydrogens (primary N) is 2. The molecule has 0 heterocycles. The lowest BCUT2D eigenvalue weighted by Crippen LogP contribution is -2.30. The molecule has 1 unspecified atom stereocenters. The van der Waals surface area contributed by atoms with Gasteiger partial charge in [-0.15, -0.1) is 0 Å². The lowest BCUT2D eigenvalue weighted by Gasteiger charge is -2.28. The quantitative estimate of drug-likeness (QED) is 0.767. The standard InChI is InChI=1S/C13H21N3O/c1-4-6-9(2)16(3)11-8-5-7-10(12(11)14)13(15)17/h5,7-9H,4,6,14H2,1-3H3,(H2,15,17). The largest absolute Gasteiger partial charge is 0.396 e. The Kier molecular flexibility index (Phi) is 4.37. The first-order valence-corrected chi connectivity index (χ1v) is 5.90. The molecule has 0 bridgehead atoms. The Hall–Kier alpha value is -1.71. The van der Waals surface area contributed by atoms with Gasteiger partial charge in [-0.2, -0.15) is 0 Å². The summed E-state index contributed by atoms with van der Waals surface area (Å²) < 4.78 is 0. The van der Waals surface area contributed by atoms with Gasteiger partial charge in [-0.1, -0.05) is 19.4 Å². The van der Waals surface area contributed by atoms with E-state index in [9.17, 15) is 4.79 Å². The van der Waals surface area contributed by atoms with Gasteiger partial charge in [-0.3, -0.25) is 4.79 Å². The number of hydrogen-bond acceptors (Lipinski definition) is 3. The first-order chi connectivity index (χ1) is 7.99. The molecule has 1 rings (SSSR count). The van der Waals surface area contributed by atoms with Crippen LogP contribution < -0.4 is 16.4 Å². The lowest BCUT2D eigenvalue weighted by atomic mass is 10.1. The molecule has 4 heteroatoms. The van der Waals surface area contributed by atoms with Crippen molar-refractivity contribution in [2.24, 2.45) is 5.73 Å². The molecule has 94 valence electrons. The van der Waals surface area contributed by atoms with E-state index in [2.05, 4.69) is 18.7 Å². The molecule has 17 heavy (non-hydrogen) atoms. The number of nitrogen functional groups attached to an aromatic ring is 1. The highest BCUT2D eigenvalue weighted by atomic mass is 16.1. The number of amides is 1. The second kappa shape index (κ2) is 5.57. The number of rotatable bonds is 5. The number of benzene rings is 1. The smallest absolute Gasteiger partial charge is 0.250 e. The number of anilines is 2. The number of carbonyl (C=O) groups excluding carboxylic acids is 1. The maximum Gasteiger partial charge on any atom is 0.250 e. The van der Waals surface area contributed by atoms with Crippen LogP contribution in [-0.2, 0) is 0 Å². The van der Waals surface area contributed by atoms with Crippen molar-refractivity contribution in [1.82, 2.24) is 0 Å². The summed E-state index contributed by atoms with van der Waals surface area (Å²) in [5.41, 5.74) is 13.0. The zero-order valence-corrected chi connectivity index (χ0v) is 10.7. The fourth-order valence-electron chi connectivity index (χ4n) is 1.92.